The summed E-state index contributed by atoms with van der Waals surface area (Å²) in [5.74, 6) is 0.0340. The molecule has 0 saturated carbocycles. The van der Waals surface area contributed by atoms with Gasteiger partial charge < -0.3 is 4.90 Å². The average Bonchev–Trinajstić information content (AvgIpc) is 2.40. The van der Waals surface area contributed by atoms with E-state index in [1.807, 2.05) is 18.7 Å². The molecule has 0 fully saturated rings. The minimum atomic E-state index is -0.219. The molecule has 0 unspecified atom stereocenters. The zero-order valence-electron chi connectivity index (χ0n) is 11.9. The fourth-order valence-corrected chi connectivity index (χ4v) is 2.89. The first-order valence-electron chi connectivity index (χ1n) is 7.20. The molecule has 0 bridgehead atoms. The lowest BCUT2D eigenvalue weighted by molar-refractivity contribution is -0.123. The summed E-state index contributed by atoms with van der Waals surface area (Å²) in [6, 6.07) is 4.96. The van der Waals surface area contributed by atoms with Gasteiger partial charge >= 0.3 is 0 Å². The van der Waals surface area contributed by atoms with Gasteiger partial charge in [0.05, 0.1) is 0 Å². The first-order chi connectivity index (χ1) is 9.08. The van der Waals surface area contributed by atoms with Crippen LogP contribution in [0.15, 0.2) is 18.2 Å². The van der Waals surface area contributed by atoms with Crippen LogP contribution in [0, 0.1) is 11.7 Å². The smallest absolute Gasteiger partial charge is 0.230 e. The third-order valence-electron chi connectivity index (χ3n) is 4.15. The van der Waals surface area contributed by atoms with Crippen LogP contribution in [0.1, 0.15) is 45.6 Å². The Hall–Kier alpha value is -1.38. The Balaban J connectivity index is 2.37. The molecule has 1 amide bonds. The number of fused-ring (bicyclic) bond motifs is 1. The van der Waals surface area contributed by atoms with Crippen LogP contribution in [-0.2, 0) is 11.2 Å². The fourth-order valence-electron chi connectivity index (χ4n) is 2.89. The summed E-state index contributed by atoms with van der Waals surface area (Å²) in [5.41, 5.74) is 1.86. The Labute approximate surface area is 114 Å². The zero-order chi connectivity index (χ0) is 14.0. The number of hydrogen-bond donors (Lipinski definition) is 0. The van der Waals surface area contributed by atoms with Crippen LogP contribution in [0.3, 0.4) is 0 Å². The molecule has 0 saturated heterocycles. The third-order valence-corrected chi connectivity index (χ3v) is 4.15. The molecule has 0 aromatic heterocycles. The molecular weight excluding hydrogens is 241 g/mol. The van der Waals surface area contributed by atoms with Gasteiger partial charge in [-0.2, -0.15) is 0 Å². The molecule has 2 nitrogen and oxygen atoms in total. The number of aryl methyl sites for hydroxylation is 1. The van der Waals surface area contributed by atoms with Crippen molar-refractivity contribution in [3.8, 4) is 0 Å². The molecule has 0 aliphatic carbocycles. The summed E-state index contributed by atoms with van der Waals surface area (Å²) < 4.78 is 13.3. The van der Waals surface area contributed by atoms with Crippen molar-refractivity contribution in [2.24, 2.45) is 5.92 Å². The van der Waals surface area contributed by atoms with Crippen molar-refractivity contribution in [1.82, 2.24) is 0 Å². The van der Waals surface area contributed by atoms with Gasteiger partial charge in [0, 0.05) is 17.6 Å². The van der Waals surface area contributed by atoms with E-state index in [1.54, 1.807) is 12.1 Å². The topological polar surface area (TPSA) is 20.3 Å². The van der Waals surface area contributed by atoms with Crippen LogP contribution in [0.25, 0.3) is 0 Å². The molecule has 2 rings (SSSR count). The number of nitrogens with zero attached hydrogens (tertiary/aromatic N) is 1. The zero-order valence-corrected chi connectivity index (χ0v) is 11.9. The quantitative estimate of drug-likeness (QED) is 0.809. The second-order valence-electron chi connectivity index (χ2n) is 5.38. The molecule has 1 aromatic rings. The van der Waals surface area contributed by atoms with E-state index in [0.717, 1.165) is 36.9 Å². The van der Waals surface area contributed by atoms with E-state index < -0.39 is 0 Å². The first kappa shape index (κ1) is 14.0. The normalized spacial score (nSPS) is 18.6. The summed E-state index contributed by atoms with van der Waals surface area (Å²) >= 11 is 0. The molecule has 3 heteroatoms. The number of benzene rings is 1. The highest BCUT2D eigenvalue weighted by atomic mass is 19.1. The van der Waals surface area contributed by atoms with E-state index in [2.05, 4.69) is 6.92 Å². The van der Waals surface area contributed by atoms with Crippen molar-refractivity contribution >= 4 is 11.6 Å². The van der Waals surface area contributed by atoms with Crippen LogP contribution in [0.4, 0.5) is 10.1 Å². The maximum absolute atomic E-state index is 13.3. The molecule has 0 radical (unpaired) electrons. The largest absolute Gasteiger partial charge is 0.309 e. The predicted octanol–water partition coefficient (Wildman–Crippen LogP) is 3.93. The number of rotatable bonds is 3. The van der Waals surface area contributed by atoms with Gasteiger partial charge in [-0.1, -0.05) is 13.8 Å². The molecule has 1 heterocycles. The van der Waals surface area contributed by atoms with E-state index in [0.29, 0.717) is 0 Å². The lowest BCUT2D eigenvalue weighted by atomic mass is 9.93. The minimum Gasteiger partial charge on any atom is -0.309 e. The summed E-state index contributed by atoms with van der Waals surface area (Å²) in [4.78, 5) is 14.5. The highest BCUT2D eigenvalue weighted by molar-refractivity contribution is 5.96. The lowest BCUT2D eigenvalue weighted by Gasteiger charge is -2.37. The Kier molecular flexibility index (Phi) is 4.23. The second-order valence-corrected chi connectivity index (χ2v) is 5.38. The Morgan fingerprint density at radius 2 is 2.11 bits per heavy atom. The van der Waals surface area contributed by atoms with Crippen LogP contribution < -0.4 is 4.90 Å². The molecule has 1 aromatic carbocycles. The van der Waals surface area contributed by atoms with E-state index >= 15 is 0 Å². The van der Waals surface area contributed by atoms with Crippen LogP contribution in [-0.4, -0.2) is 11.9 Å². The van der Waals surface area contributed by atoms with Crippen molar-refractivity contribution in [2.75, 3.05) is 4.90 Å². The van der Waals surface area contributed by atoms with Crippen LogP contribution >= 0.6 is 0 Å². The second kappa shape index (κ2) is 5.72. The SMILES string of the molecule is CCC(CC)C(=O)N1c2ccc(F)cc2CC[C@@H]1C. The highest BCUT2D eigenvalue weighted by Gasteiger charge is 2.31. The van der Waals surface area contributed by atoms with E-state index in [-0.39, 0.29) is 23.7 Å². The minimum absolute atomic E-state index is 0.0680. The monoisotopic (exact) mass is 263 g/mol. The van der Waals surface area contributed by atoms with Crippen molar-refractivity contribution in [3.05, 3.63) is 29.6 Å². The molecule has 1 atom stereocenters. The summed E-state index contributed by atoms with van der Waals surface area (Å²) in [6.07, 6.45) is 3.47. The number of amides is 1. The number of halogens is 1. The van der Waals surface area contributed by atoms with Crippen molar-refractivity contribution in [1.29, 1.82) is 0 Å². The average molecular weight is 263 g/mol. The first-order valence-corrected chi connectivity index (χ1v) is 7.20. The Bertz CT molecular complexity index is 468. The molecule has 0 N–H and O–H groups in total. The van der Waals surface area contributed by atoms with Crippen molar-refractivity contribution in [3.63, 3.8) is 0 Å². The van der Waals surface area contributed by atoms with Crippen molar-refractivity contribution < 1.29 is 9.18 Å². The van der Waals surface area contributed by atoms with Crippen molar-refractivity contribution in [2.45, 2.75) is 52.5 Å². The number of carbonyl (C=O) groups excluding carboxylic acids is 1. The lowest BCUT2D eigenvalue weighted by Crippen LogP contribution is -2.45. The third kappa shape index (κ3) is 2.65. The van der Waals surface area contributed by atoms with Gasteiger partial charge in [0.2, 0.25) is 5.91 Å². The summed E-state index contributed by atoms with van der Waals surface area (Å²) in [5, 5.41) is 0. The maximum Gasteiger partial charge on any atom is 0.230 e. The molecule has 104 valence electrons. The van der Waals surface area contributed by atoms with E-state index in [4.69, 9.17) is 0 Å². The highest BCUT2D eigenvalue weighted by Crippen LogP contribution is 2.33. The van der Waals surface area contributed by atoms with Crippen LogP contribution in [0.5, 0.6) is 0 Å². The predicted molar refractivity (Wildman–Crippen MR) is 75.7 cm³/mol. The standard InChI is InChI=1S/C16H22FNO/c1-4-12(5-2)16(19)18-11(3)6-7-13-10-14(17)8-9-15(13)18/h8-12H,4-7H2,1-3H3/t11-/m0/s1. The molecular formula is C16H22FNO. The molecule has 1 aliphatic heterocycles. The molecule has 19 heavy (non-hydrogen) atoms. The number of carbonyl (C=O) groups is 1. The fraction of sp³-hybridized carbons (Fsp3) is 0.562. The van der Waals surface area contributed by atoms with Gasteiger partial charge in [-0.25, -0.2) is 4.39 Å². The number of hydrogen-bond acceptors (Lipinski definition) is 1. The van der Waals surface area contributed by atoms with E-state index in [1.165, 1.54) is 6.07 Å². The van der Waals surface area contributed by atoms with Gasteiger partial charge in [0.15, 0.2) is 0 Å². The number of anilines is 1. The van der Waals surface area contributed by atoms with Gasteiger partial charge in [0.1, 0.15) is 5.82 Å². The van der Waals surface area contributed by atoms with E-state index in [9.17, 15) is 9.18 Å². The Morgan fingerprint density at radius 3 is 2.74 bits per heavy atom. The van der Waals surface area contributed by atoms with Gasteiger partial charge in [-0.3, -0.25) is 4.79 Å². The van der Waals surface area contributed by atoms with Gasteiger partial charge in [-0.15, -0.1) is 0 Å². The molecule has 1 aliphatic rings. The van der Waals surface area contributed by atoms with Crippen LogP contribution in [0.2, 0.25) is 0 Å². The summed E-state index contributed by atoms with van der Waals surface area (Å²) in [7, 11) is 0. The maximum atomic E-state index is 13.3. The van der Waals surface area contributed by atoms with Gasteiger partial charge in [-0.05, 0) is 56.4 Å². The molecule has 0 spiro atoms. The summed E-state index contributed by atoms with van der Waals surface area (Å²) in [6.45, 7) is 6.17. The van der Waals surface area contributed by atoms with Gasteiger partial charge in [0.25, 0.3) is 0 Å². The Morgan fingerprint density at radius 1 is 1.42 bits per heavy atom.